The number of nitrogens with zero attached hydrogens (tertiary/aromatic N) is 3. The molecule has 3 rings (SSSR count). The minimum atomic E-state index is -1.20. The minimum Gasteiger partial charge on any atom is -0.476 e. The molecule has 9 nitrogen and oxygen atoms in total. The first-order valence-electron chi connectivity index (χ1n) is 5.95. The van der Waals surface area contributed by atoms with Crippen LogP contribution in [0.1, 0.15) is 10.5 Å². The fraction of sp³-hybridized carbons (Fsp3) is 0.167. The van der Waals surface area contributed by atoms with E-state index in [4.69, 9.17) is 14.6 Å². The Hall–Kier alpha value is -3.10. The Morgan fingerprint density at radius 3 is 2.95 bits per heavy atom. The molecule has 108 valence electrons. The summed E-state index contributed by atoms with van der Waals surface area (Å²) in [5, 5.41) is 18.5. The molecule has 1 aliphatic heterocycles. The zero-order chi connectivity index (χ0) is 14.8. The van der Waals surface area contributed by atoms with Crippen molar-refractivity contribution in [3.63, 3.8) is 0 Å². The van der Waals surface area contributed by atoms with Gasteiger partial charge >= 0.3 is 5.97 Å². The molecule has 0 aliphatic carbocycles. The molecule has 0 fully saturated rings. The topological polar surface area (TPSA) is 116 Å². The molecule has 1 aliphatic rings. The van der Waals surface area contributed by atoms with Crippen LogP contribution in [-0.2, 0) is 11.3 Å². The third-order valence-corrected chi connectivity index (χ3v) is 2.79. The molecule has 1 amide bonds. The lowest BCUT2D eigenvalue weighted by Gasteiger charge is -2.06. The molecule has 2 aromatic rings. The van der Waals surface area contributed by atoms with Gasteiger partial charge in [0.15, 0.2) is 17.2 Å². The normalized spacial score (nSPS) is 12.2. The van der Waals surface area contributed by atoms with Crippen LogP contribution in [-0.4, -0.2) is 38.8 Å². The van der Waals surface area contributed by atoms with E-state index < -0.39 is 11.9 Å². The van der Waals surface area contributed by atoms with Crippen LogP contribution in [0.2, 0.25) is 0 Å². The van der Waals surface area contributed by atoms with Crippen molar-refractivity contribution in [1.29, 1.82) is 0 Å². The van der Waals surface area contributed by atoms with Crippen LogP contribution in [0.5, 0.6) is 11.5 Å². The van der Waals surface area contributed by atoms with E-state index in [9.17, 15) is 9.59 Å². The number of benzene rings is 1. The fourth-order valence-corrected chi connectivity index (χ4v) is 1.85. The molecule has 0 radical (unpaired) electrons. The minimum absolute atomic E-state index is 0.146. The van der Waals surface area contributed by atoms with Crippen LogP contribution in [0.15, 0.2) is 24.4 Å². The average Bonchev–Trinajstić information content (AvgIpc) is 3.06. The number of carbonyl (C=O) groups is 2. The van der Waals surface area contributed by atoms with Crippen LogP contribution in [0.3, 0.4) is 0 Å². The molecule has 1 aromatic carbocycles. The van der Waals surface area contributed by atoms with Crippen molar-refractivity contribution in [3.8, 4) is 11.5 Å². The number of fused-ring (bicyclic) bond motifs is 1. The highest BCUT2D eigenvalue weighted by atomic mass is 16.7. The third-order valence-electron chi connectivity index (χ3n) is 2.79. The fourth-order valence-electron chi connectivity index (χ4n) is 1.85. The molecule has 21 heavy (non-hydrogen) atoms. The van der Waals surface area contributed by atoms with Crippen molar-refractivity contribution in [1.82, 2.24) is 15.0 Å². The number of hydrogen-bond acceptors (Lipinski definition) is 6. The Kier molecular flexibility index (Phi) is 3.14. The number of amides is 1. The SMILES string of the molecule is O=C(Cn1nncc1C(=O)O)Nc1ccc2c(c1)OCO2. The van der Waals surface area contributed by atoms with E-state index in [1.165, 1.54) is 0 Å². The lowest BCUT2D eigenvalue weighted by atomic mass is 10.3. The molecule has 2 N–H and O–H groups in total. The van der Waals surface area contributed by atoms with Gasteiger partial charge in [0.2, 0.25) is 12.7 Å². The van der Waals surface area contributed by atoms with Gasteiger partial charge in [0.25, 0.3) is 0 Å². The summed E-state index contributed by atoms with van der Waals surface area (Å²) in [6.07, 6.45) is 1.08. The van der Waals surface area contributed by atoms with Crippen molar-refractivity contribution in [3.05, 3.63) is 30.1 Å². The maximum absolute atomic E-state index is 11.9. The zero-order valence-corrected chi connectivity index (χ0v) is 10.6. The summed E-state index contributed by atoms with van der Waals surface area (Å²) in [6, 6.07) is 4.96. The molecule has 0 bridgehead atoms. The van der Waals surface area contributed by atoms with Gasteiger partial charge in [-0.3, -0.25) is 4.79 Å². The first kappa shape index (κ1) is 12.9. The highest BCUT2D eigenvalue weighted by Gasteiger charge is 2.16. The molecule has 2 heterocycles. The quantitative estimate of drug-likeness (QED) is 0.834. The van der Waals surface area contributed by atoms with Gasteiger partial charge < -0.3 is 19.9 Å². The van der Waals surface area contributed by atoms with E-state index in [1.807, 2.05) is 0 Å². The number of carboxylic acids is 1. The number of hydrogen-bond donors (Lipinski definition) is 2. The van der Waals surface area contributed by atoms with Crippen LogP contribution in [0, 0.1) is 0 Å². The number of carboxylic acid groups (broad SMARTS) is 1. The smallest absolute Gasteiger partial charge is 0.355 e. The molecule has 0 unspecified atom stereocenters. The number of aromatic nitrogens is 3. The Labute approximate surface area is 118 Å². The first-order chi connectivity index (χ1) is 10.1. The predicted octanol–water partition coefficient (Wildman–Crippen LogP) is 0.344. The Bertz CT molecular complexity index is 711. The first-order valence-corrected chi connectivity index (χ1v) is 5.95. The van der Waals surface area contributed by atoms with Crippen molar-refractivity contribution in [2.75, 3.05) is 12.1 Å². The number of aromatic carboxylic acids is 1. The molecular formula is C12H10N4O5. The molecule has 1 aromatic heterocycles. The predicted molar refractivity (Wildman–Crippen MR) is 68.2 cm³/mol. The lowest BCUT2D eigenvalue weighted by Crippen LogP contribution is -2.22. The number of carbonyl (C=O) groups excluding carboxylic acids is 1. The summed E-state index contributed by atoms with van der Waals surface area (Å²) in [7, 11) is 0. The monoisotopic (exact) mass is 290 g/mol. The second kappa shape index (κ2) is 5.12. The highest BCUT2D eigenvalue weighted by molar-refractivity contribution is 5.92. The Balaban J connectivity index is 1.69. The van der Waals surface area contributed by atoms with Gasteiger partial charge in [0, 0.05) is 11.8 Å². The van der Waals surface area contributed by atoms with Gasteiger partial charge in [-0.2, -0.15) is 0 Å². The summed E-state index contributed by atoms with van der Waals surface area (Å²) in [5.41, 5.74) is 0.358. The summed E-state index contributed by atoms with van der Waals surface area (Å²) >= 11 is 0. The van der Waals surface area contributed by atoms with Crippen molar-refractivity contribution in [2.24, 2.45) is 0 Å². The number of anilines is 1. The second-order valence-electron chi connectivity index (χ2n) is 4.20. The van der Waals surface area contributed by atoms with Crippen molar-refractivity contribution < 1.29 is 24.2 Å². The molecule has 0 saturated carbocycles. The van der Waals surface area contributed by atoms with Crippen LogP contribution in [0.25, 0.3) is 0 Å². The van der Waals surface area contributed by atoms with Gasteiger partial charge in [0.05, 0.1) is 6.20 Å². The van der Waals surface area contributed by atoms with E-state index in [1.54, 1.807) is 18.2 Å². The molecule has 9 heteroatoms. The van der Waals surface area contributed by atoms with Gasteiger partial charge in [-0.05, 0) is 12.1 Å². The van der Waals surface area contributed by atoms with Gasteiger partial charge in [-0.25, -0.2) is 9.48 Å². The Morgan fingerprint density at radius 2 is 2.14 bits per heavy atom. The highest BCUT2D eigenvalue weighted by Crippen LogP contribution is 2.34. The Morgan fingerprint density at radius 1 is 1.33 bits per heavy atom. The van der Waals surface area contributed by atoms with E-state index in [0.717, 1.165) is 10.9 Å². The standard InChI is InChI=1S/C12H10N4O5/c17-11(5-16-8(12(18)19)4-13-15-16)14-7-1-2-9-10(3-7)21-6-20-9/h1-4H,5-6H2,(H,14,17)(H,18,19). The number of ether oxygens (including phenoxy) is 2. The van der Waals surface area contributed by atoms with Gasteiger partial charge in [-0.15, -0.1) is 5.10 Å². The van der Waals surface area contributed by atoms with E-state index in [0.29, 0.717) is 17.2 Å². The molecule has 0 spiro atoms. The summed E-state index contributed by atoms with van der Waals surface area (Å²) < 4.78 is 11.4. The summed E-state index contributed by atoms with van der Waals surface area (Å²) in [4.78, 5) is 22.8. The largest absolute Gasteiger partial charge is 0.476 e. The van der Waals surface area contributed by atoms with Crippen LogP contribution < -0.4 is 14.8 Å². The lowest BCUT2D eigenvalue weighted by molar-refractivity contribution is -0.116. The van der Waals surface area contributed by atoms with Crippen LogP contribution >= 0.6 is 0 Å². The molecular weight excluding hydrogens is 280 g/mol. The van der Waals surface area contributed by atoms with Crippen molar-refractivity contribution >= 4 is 17.6 Å². The molecule has 0 atom stereocenters. The average molecular weight is 290 g/mol. The van der Waals surface area contributed by atoms with Crippen LogP contribution in [0.4, 0.5) is 5.69 Å². The number of nitrogens with one attached hydrogen (secondary N) is 1. The van der Waals surface area contributed by atoms with E-state index in [2.05, 4.69) is 15.6 Å². The van der Waals surface area contributed by atoms with Crippen molar-refractivity contribution in [2.45, 2.75) is 6.54 Å². The summed E-state index contributed by atoms with van der Waals surface area (Å²) in [5.74, 6) is -0.477. The van der Waals surface area contributed by atoms with Gasteiger partial charge in [-0.1, -0.05) is 5.21 Å². The zero-order valence-electron chi connectivity index (χ0n) is 10.6. The van der Waals surface area contributed by atoms with Gasteiger partial charge in [0.1, 0.15) is 6.54 Å². The summed E-state index contributed by atoms with van der Waals surface area (Å²) in [6.45, 7) is -0.107. The third kappa shape index (κ3) is 2.61. The maximum Gasteiger partial charge on any atom is 0.355 e. The molecule has 0 saturated heterocycles. The maximum atomic E-state index is 11.9. The van der Waals surface area contributed by atoms with E-state index >= 15 is 0 Å². The second-order valence-corrected chi connectivity index (χ2v) is 4.20. The van der Waals surface area contributed by atoms with E-state index in [-0.39, 0.29) is 19.0 Å². The number of rotatable bonds is 4.